The minimum atomic E-state index is -1.11. The second-order valence-corrected chi connectivity index (χ2v) is 5.51. The maximum Gasteiger partial charge on any atom is 0.338 e. The van der Waals surface area contributed by atoms with Crippen LogP contribution in [0.3, 0.4) is 0 Å². The predicted octanol–water partition coefficient (Wildman–Crippen LogP) is -1.22. The lowest BCUT2D eigenvalue weighted by Gasteiger charge is -2.42. The number of esters is 1. The molecule has 0 radical (unpaired) electrons. The highest BCUT2D eigenvalue weighted by Crippen LogP contribution is 2.30. The standard InChI is InChI=1S/C14H18N2O5/c17-9-3-6-16-7-10(18)13(12(19)11(9)16)21-14(20)8-1-4-15-5-2-8/h1-2,4-5,9-13,17-19H,3,6-7H2/t9-,10-,11+,12+,13+/m0/s1. The zero-order valence-electron chi connectivity index (χ0n) is 11.4. The summed E-state index contributed by atoms with van der Waals surface area (Å²) in [6, 6.07) is 2.50. The number of pyridine rings is 1. The molecule has 5 atom stereocenters. The lowest BCUT2D eigenvalue weighted by molar-refractivity contribution is -0.144. The number of piperidine rings is 1. The minimum absolute atomic E-state index is 0.271. The Morgan fingerprint density at radius 3 is 2.67 bits per heavy atom. The molecule has 21 heavy (non-hydrogen) atoms. The van der Waals surface area contributed by atoms with Crippen molar-refractivity contribution in [2.75, 3.05) is 13.1 Å². The number of aromatic nitrogens is 1. The smallest absolute Gasteiger partial charge is 0.338 e. The van der Waals surface area contributed by atoms with E-state index in [4.69, 9.17) is 4.74 Å². The average molecular weight is 294 g/mol. The number of aliphatic hydroxyl groups is 3. The Morgan fingerprint density at radius 2 is 1.95 bits per heavy atom. The van der Waals surface area contributed by atoms with Crippen molar-refractivity contribution in [2.45, 2.75) is 36.9 Å². The van der Waals surface area contributed by atoms with Crippen molar-refractivity contribution in [3.05, 3.63) is 30.1 Å². The number of hydrogen-bond donors (Lipinski definition) is 3. The first-order valence-electron chi connectivity index (χ1n) is 6.97. The molecule has 0 saturated carbocycles. The fraction of sp³-hybridized carbons (Fsp3) is 0.571. The van der Waals surface area contributed by atoms with Crippen LogP contribution in [0.5, 0.6) is 0 Å². The van der Waals surface area contributed by atoms with Crippen LogP contribution in [0, 0.1) is 0 Å². The molecule has 0 unspecified atom stereocenters. The predicted molar refractivity (Wildman–Crippen MR) is 71.4 cm³/mol. The van der Waals surface area contributed by atoms with Crippen LogP contribution in [-0.4, -0.2) is 74.7 Å². The number of carbonyl (C=O) groups is 1. The summed E-state index contributed by atoms with van der Waals surface area (Å²) in [5.74, 6) is -0.624. The Hall–Kier alpha value is -1.54. The number of aliphatic hydroxyl groups excluding tert-OH is 3. The molecule has 0 spiro atoms. The van der Waals surface area contributed by atoms with Gasteiger partial charge in [0.1, 0.15) is 12.2 Å². The minimum Gasteiger partial charge on any atom is -0.453 e. The van der Waals surface area contributed by atoms with Gasteiger partial charge in [0.25, 0.3) is 0 Å². The first-order chi connectivity index (χ1) is 10.1. The summed E-state index contributed by atoms with van der Waals surface area (Å²) in [5.41, 5.74) is 0.304. The molecule has 2 aliphatic heterocycles. The fourth-order valence-electron chi connectivity index (χ4n) is 3.11. The number of fused-ring (bicyclic) bond motifs is 1. The highest BCUT2D eigenvalue weighted by molar-refractivity contribution is 5.89. The van der Waals surface area contributed by atoms with Gasteiger partial charge in [-0.2, -0.15) is 0 Å². The van der Waals surface area contributed by atoms with Gasteiger partial charge in [0, 0.05) is 25.5 Å². The highest BCUT2D eigenvalue weighted by atomic mass is 16.6. The van der Waals surface area contributed by atoms with Gasteiger partial charge in [-0.15, -0.1) is 0 Å². The van der Waals surface area contributed by atoms with Gasteiger partial charge in [0.05, 0.1) is 17.7 Å². The molecule has 7 heteroatoms. The van der Waals surface area contributed by atoms with E-state index in [0.717, 1.165) is 0 Å². The van der Waals surface area contributed by atoms with E-state index in [0.29, 0.717) is 18.5 Å². The van der Waals surface area contributed by atoms with Crippen molar-refractivity contribution in [3.63, 3.8) is 0 Å². The van der Waals surface area contributed by atoms with Crippen molar-refractivity contribution >= 4 is 5.97 Å². The normalized spacial score (nSPS) is 36.2. The molecule has 1 aromatic rings. The van der Waals surface area contributed by atoms with Gasteiger partial charge in [0.2, 0.25) is 0 Å². The molecule has 0 aliphatic carbocycles. The van der Waals surface area contributed by atoms with Crippen LogP contribution in [0.1, 0.15) is 16.8 Å². The SMILES string of the molecule is O=C(O[C@H]1[C@H](O)[C@H]2[C@@H](O)CCN2C[C@@H]1O)c1ccncc1. The third-order valence-electron chi connectivity index (χ3n) is 4.17. The van der Waals surface area contributed by atoms with E-state index in [9.17, 15) is 20.1 Å². The van der Waals surface area contributed by atoms with Crippen molar-refractivity contribution in [3.8, 4) is 0 Å². The number of ether oxygens (including phenoxy) is 1. The fourth-order valence-corrected chi connectivity index (χ4v) is 3.11. The lowest BCUT2D eigenvalue weighted by Crippen LogP contribution is -2.62. The average Bonchev–Trinajstić information content (AvgIpc) is 2.85. The third-order valence-corrected chi connectivity index (χ3v) is 4.17. The van der Waals surface area contributed by atoms with Gasteiger partial charge in [-0.1, -0.05) is 0 Å². The molecule has 7 nitrogen and oxygen atoms in total. The van der Waals surface area contributed by atoms with Crippen LogP contribution in [-0.2, 0) is 4.74 Å². The first-order valence-corrected chi connectivity index (χ1v) is 6.97. The van der Waals surface area contributed by atoms with Crippen LogP contribution < -0.4 is 0 Å². The van der Waals surface area contributed by atoms with E-state index in [1.54, 1.807) is 0 Å². The summed E-state index contributed by atoms with van der Waals surface area (Å²) in [6.07, 6.45) is -0.336. The molecule has 0 amide bonds. The van der Waals surface area contributed by atoms with E-state index in [1.807, 2.05) is 4.90 Å². The maximum absolute atomic E-state index is 12.0. The Morgan fingerprint density at radius 1 is 1.24 bits per heavy atom. The van der Waals surface area contributed by atoms with Crippen LogP contribution in [0.25, 0.3) is 0 Å². The zero-order valence-corrected chi connectivity index (χ0v) is 11.4. The van der Waals surface area contributed by atoms with Crippen molar-refractivity contribution < 1.29 is 24.9 Å². The third kappa shape index (κ3) is 2.65. The van der Waals surface area contributed by atoms with E-state index in [2.05, 4.69) is 4.98 Å². The monoisotopic (exact) mass is 294 g/mol. The second-order valence-electron chi connectivity index (χ2n) is 5.51. The molecule has 3 N–H and O–H groups in total. The molecule has 2 saturated heterocycles. The number of rotatable bonds is 2. The second kappa shape index (κ2) is 5.69. The van der Waals surface area contributed by atoms with Crippen molar-refractivity contribution in [1.82, 2.24) is 9.88 Å². The zero-order chi connectivity index (χ0) is 15.0. The van der Waals surface area contributed by atoms with E-state index < -0.39 is 36.4 Å². The largest absolute Gasteiger partial charge is 0.453 e. The summed E-state index contributed by atoms with van der Waals surface area (Å²) in [6.45, 7) is 0.887. The number of nitrogens with zero attached hydrogens (tertiary/aromatic N) is 2. The van der Waals surface area contributed by atoms with Gasteiger partial charge < -0.3 is 20.1 Å². The Bertz CT molecular complexity index is 511. The van der Waals surface area contributed by atoms with E-state index in [1.165, 1.54) is 24.5 Å². The molecule has 114 valence electrons. The lowest BCUT2D eigenvalue weighted by atomic mass is 9.92. The summed E-state index contributed by atoms with van der Waals surface area (Å²) in [5, 5.41) is 30.3. The molecular weight excluding hydrogens is 276 g/mol. The summed E-state index contributed by atoms with van der Waals surface area (Å²) < 4.78 is 5.25. The van der Waals surface area contributed by atoms with E-state index in [-0.39, 0.29) is 6.54 Å². The Balaban J connectivity index is 1.74. The Labute approximate surface area is 121 Å². The van der Waals surface area contributed by atoms with Gasteiger partial charge in [0.15, 0.2) is 6.10 Å². The summed E-state index contributed by atoms with van der Waals surface area (Å²) >= 11 is 0. The first kappa shape index (κ1) is 14.4. The number of carbonyl (C=O) groups excluding carboxylic acids is 1. The van der Waals surface area contributed by atoms with E-state index >= 15 is 0 Å². The van der Waals surface area contributed by atoms with Crippen LogP contribution >= 0.6 is 0 Å². The molecule has 2 fully saturated rings. The van der Waals surface area contributed by atoms with Crippen molar-refractivity contribution in [1.29, 1.82) is 0 Å². The van der Waals surface area contributed by atoms with Gasteiger partial charge in [-0.3, -0.25) is 9.88 Å². The summed E-state index contributed by atoms with van der Waals surface area (Å²) in [7, 11) is 0. The topological polar surface area (TPSA) is 103 Å². The van der Waals surface area contributed by atoms with Crippen molar-refractivity contribution in [2.24, 2.45) is 0 Å². The molecule has 3 rings (SSSR count). The molecule has 3 heterocycles. The van der Waals surface area contributed by atoms with Crippen LogP contribution in [0.4, 0.5) is 0 Å². The number of hydrogen-bond acceptors (Lipinski definition) is 7. The molecule has 2 aliphatic rings. The Kier molecular flexibility index (Phi) is 3.90. The van der Waals surface area contributed by atoms with Crippen LogP contribution in [0.15, 0.2) is 24.5 Å². The maximum atomic E-state index is 12.0. The molecule has 0 aromatic carbocycles. The quantitative estimate of drug-likeness (QED) is 0.587. The summed E-state index contributed by atoms with van der Waals surface area (Å²) in [4.78, 5) is 17.7. The molecule has 1 aromatic heterocycles. The van der Waals surface area contributed by atoms with Gasteiger partial charge in [-0.25, -0.2) is 4.79 Å². The van der Waals surface area contributed by atoms with Gasteiger partial charge in [-0.05, 0) is 18.6 Å². The van der Waals surface area contributed by atoms with Gasteiger partial charge >= 0.3 is 5.97 Å². The molecular formula is C14H18N2O5. The molecule has 0 bridgehead atoms. The van der Waals surface area contributed by atoms with Crippen LogP contribution in [0.2, 0.25) is 0 Å². The highest BCUT2D eigenvalue weighted by Gasteiger charge is 2.49.